The molecule has 134 valence electrons. The number of hydrogen-bond acceptors (Lipinski definition) is 5. The molecule has 2 fully saturated rings. The molecule has 1 aromatic rings. The number of aliphatic hydroxyl groups excluding tert-OH is 1. The number of aliphatic imine (C=N–C) groups is 1. The van der Waals surface area contributed by atoms with Gasteiger partial charge in [-0.25, -0.2) is 4.99 Å². The molecule has 8 heteroatoms. The number of hydrogen-bond donors (Lipinski definition) is 2. The number of ether oxygens (including phenoxy) is 1. The van der Waals surface area contributed by atoms with Gasteiger partial charge in [0.05, 0.1) is 12.2 Å². The highest BCUT2D eigenvalue weighted by Crippen LogP contribution is 2.13. The molecule has 2 aliphatic heterocycles. The summed E-state index contributed by atoms with van der Waals surface area (Å²) in [6, 6.07) is 0. The Bertz CT molecular complexity index is 559. The lowest BCUT2D eigenvalue weighted by Crippen LogP contribution is -2.48. The van der Waals surface area contributed by atoms with Crippen LogP contribution in [0, 0.1) is 6.92 Å². The third-order valence-electron chi connectivity index (χ3n) is 4.83. The van der Waals surface area contributed by atoms with Crippen LogP contribution in [-0.4, -0.2) is 69.2 Å². The Labute approximate surface area is 142 Å². The number of likely N-dealkylation sites (tertiary alicyclic amines) is 1. The second-order valence-corrected chi connectivity index (χ2v) is 6.60. The number of aromatic nitrogens is 3. The Morgan fingerprint density at radius 1 is 1.33 bits per heavy atom. The maximum atomic E-state index is 9.73. The molecule has 8 nitrogen and oxygen atoms in total. The molecule has 1 aromatic heterocycles. The van der Waals surface area contributed by atoms with Crippen molar-refractivity contribution in [3.05, 3.63) is 11.6 Å². The van der Waals surface area contributed by atoms with Crippen molar-refractivity contribution in [2.45, 2.75) is 51.4 Å². The molecule has 0 bridgehead atoms. The largest absolute Gasteiger partial charge is 0.393 e. The molecule has 1 unspecified atom stereocenters. The first-order valence-corrected chi connectivity index (χ1v) is 8.81. The lowest BCUT2D eigenvalue weighted by molar-refractivity contribution is 0.103. The number of guanidine groups is 1. The smallest absolute Gasteiger partial charge is 0.194 e. The summed E-state index contributed by atoms with van der Waals surface area (Å²) in [7, 11) is 1.96. The van der Waals surface area contributed by atoms with Crippen LogP contribution in [0.15, 0.2) is 4.99 Å². The van der Waals surface area contributed by atoms with Gasteiger partial charge in [0.1, 0.15) is 12.4 Å². The summed E-state index contributed by atoms with van der Waals surface area (Å²) in [6.45, 7) is 5.68. The lowest BCUT2D eigenvalue weighted by Gasteiger charge is -2.32. The topological polar surface area (TPSA) is 87.8 Å². The molecule has 0 aromatic carbocycles. The molecule has 0 amide bonds. The molecule has 1 atom stereocenters. The lowest BCUT2D eigenvalue weighted by atomic mass is 10.1. The van der Waals surface area contributed by atoms with Gasteiger partial charge in [0.15, 0.2) is 11.8 Å². The molecule has 0 saturated carbocycles. The summed E-state index contributed by atoms with van der Waals surface area (Å²) in [5.74, 6) is 2.61. The van der Waals surface area contributed by atoms with Crippen LogP contribution < -0.4 is 5.32 Å². The summed E-state index contributed by atoms with van der Waals surface area (Å²) in [5.41, 5.74) is 0. The van der Waals surface area contributed by atoms with E-state index in [1.165, 1.54) is 0 Å². The van der Waals surface area contributed by atoms with Crippen LogP contribution in [0.25, 0.3) is 0 Å². The van der Waals surface area contributed by atoms with E-state index in [-0.39, 0.29) is 12.2 Å². The highest BCUT2D eigenvalue weighted by Gasteiger charge is 2.22. The molecule has 3 rings (SSSR count). The van der Waals surface area contributed by atoms with Crippen LogP contribution in [0.5, 0.6) is 0 Å². The third kappa shape index (κ3) is 4.24. The molecular formula is C16H28N6O2. The van der Waals surface area contributed by atoms with E-state index in [0.717, 1.165) is 69.5 Å². The van der Waals surface area contributed by atoms with Gasteiger partial charge in [-0.15, -0.1) is 10.2 Å². The van der Waals surface area contributed by atoms with Crippen LogP contribution in [0.3, 0.4) is 0 Å². The summed E-state index contributed by atoms with van der Waals surface area (Å²) in [4.78, 5) is 6.96. The molecule has 0 radical (unpaired) electrons. The predicted molar refractivity (Wildman–Crippen MR) is 90.7 cm³/mol. The predicted octanol–water partition coefficient (Wildman–Crippen LogP) is 0.205. The number of nitrogens with zero attached hydrogens (tertiary/aromatic N) is 5. The van der Waals surface area contributed by atoms with Crippen LogP contribution in [-0.2, 0) is 18.3 Å². The molecule has 0 aliphatic carbocycles. The first-order valence-electron chi connectivity index (χ1n) is 8.81. The summed E-state index contributed by atoms with van der Waals surface area (Å²) >= 11 is 0. The van der Waals surface area contributed by atoms with E-state index < -0.39 is 0 Å². The quantitative estimate of drug-likeness (QED) is 0.603. The second-order valence-electron chi connectivity index (χ2n) is 6.60. The number of piperidine rings is 1. The van der Waals surface area contributed by atoms with Crippen LogP contribution in [0.1, 0.15) is 37.3 Å². The number of aryl methyl sites for hydroxylation is 1. The van der Waals surface area contributed by atoms with E-state index in [9.17, 15) is 5.11 Å². The minimum atomic E-state index is -0.193. The van der Waals surface area contributed by atoms with Crippen molar-refractivity contribution in [3.8, 4) is 0 Å². The van der Waals surface area contributed by atoms with E-state index in [2.05, 4.69) is 20.4 Å². The zero-order valence-corrected chi connectivity index (χ0v) is 14.6. The van der Waals surface area contributed by atoms with Crippen molar-refractivity contribution in [1.82, 2.24) is 25.0 Å². The average molecular weight is 336 g/mol. The Kier molecular flexibility index (Phi) is 5.68. The van der Waals surface area contributed by atoms with Gasteiger partial charge < -0.3 is 24.6 Å². The van der Waals surface area contributed by atoms with Gasteiger partial charge in [0, 0.05) is 33.3 Å². The first-order chi connectivity index (χ1) is 11.6. The Hall–Kier alpha value is -1.67. The van der Waals surface area contributed by atoms with Crippen molar-refractivity contribution in [3.63, 3.8) is 0 Å². The Morgan fingerprint density at radius 2 is 2.12 bits per heavy atom. The molecule has 24 heavy (non-hydrogen) atoms. The second kappa shape index (κ2) is 7.94. The number of nitrogens with one attached hydrogen (secondary N) is 1. The highest BCUT2D eigenvalue weighted by atomic mass is 16.5. The molecular weight excluding hydrogens is 308 g/mol. The van der Waals surface area contributed by atoms with Crippen molar-refractivity contribution in [1.29, 1.82) is 0 Å². The molecule has 2 aliphatic rings. The Morgan fingerprint density at radius 3 is 2.75 bits per heavy atom. The van der Waals surface area contributed by atoms with Crippen molar-refractivity contribution >= 4 is 5.96 Å². The SMILES string of the molecule is Cc1nnc(CN=C(NCC2CCCO2)N2CCC(O)CC2)n1C. The summed E-state index contributed by atoms with van der Waals surface area (Å²) in [6.07, 6.45) is 3.87. The summed E-state index contributed by atoms with van der Waals surface area (Å²) < 4.78 is 7.65. The third-order valence-corrected chi connectivity index (χ3v) is 4.83. The normalized spacial score (nSPS) is 23.0. The zero-order valence-electron chi connectivity index (χ0n) is 14.6. The van der Waals surface area contributed by atoms with E-state index in [1.807, 2.05) is 18.5 Å². The van der Waals surface area contributed by atoms with Crippen LogP contribution >= 0.6 is 0 Å². The standard InChI is InChI=1S/C16H28N6O2/c1-12-19-20-15(21(12)2)11-18-16(17-10-14-4-3-9-24-14)22-7-5-13(23)6-8-22/h13-14,23H,3-11H2,1-2H3,(H,17,18). The van der Waals surface area contributed by atoms with E-state index in [1.54, 1.807) is 0 Å². The fourth-order valence-electron chi connectivity index (χ4n) is 3.09. The van der Waals surface area contributed by atoms with Crippen molar-refractivity contribution < 1.29 is 9.84 Å². The van der Waals surface area contributed by atoms with Gasteiger partial charge in [-0.1, -0.05) is 0 Å². The Balaban J connectivity index is 1.65. The minimum absolute atomic E-state index is 0.193. The van der Waals surface area contributed by atoms with Crippen LogP contribution in [0.2, 0.25) is 0 Å². The fourth-order valence-corrected chi connectivity index (χ4v) is 3.09. The summed E-state index contributed by atoms with van der Waals surface area (Å²) in [5, 5.41) is 21.4. The van der Waals surface area contributed by atoms with Gasteiger partial charge in [-0.3, -0.25) is 0 Å². The van der Waals surface area contributed by atoms with Gasteiger partial charge >= 0.3 is 0 Å². The minimum Gasteiger partial charge on any atom is -0.393 e. The van der Waals surface area contributed by atoms with Crippen molar-refractivity contribution in [2.75, 3.05) is 26.2 Å². The van der Waals surface area contributed by atoms with Gasteiger partial charge in [0.25, 0.3) is 0 Å². The fraction of sp³-hybridized carbons (Fsp3) is 0.812. The maximum Gasteiger partial charge on any atom is 0.194 e. The first kappa shape index (κ1) is 17.2. The van der Waals surface area contributed by atoms with E-state index >= 15 is 0 Å². The molecule has 0 spiro atoms. The van der Waals surface area contributed by atoms with Crippen molar-refractivity contribution in [2.24, 2.45) is 12.0 Å². The average Bonchev–Trinajstić information content (AvgIpc) is 3.21. The zero-order chi connectivity index (χ0) is 16.9. The van der Waals surface area contributed by atoms with E-state index in [4.69, 9.17) is 9.73 Å². The molecule has 2 saturated heterocycles. The number of rotatable bonds is 4. The van der Waals surface area contributed by atoms with Crippen LogP contribution in [0.4, 0.5) is 0 Å². The monoisotopic (exact) mass is 336 g/mol. The van der Waals surface area contributed by atoms with Gasteiger partial charge in [-0.2, -0.15) is 0 Å². The molecule has 2 N–H and O–H groups in total. The van der Waals surface area contributed by atoms with E-state index in [0.29, 0.717) is 6.54 Å². The highest BCUT2D eigenvalue weighted by molar-refractivity contribution is 5.80. The molecule has 3 heterocycles. The van der Waals surface area contributed by atoms with Gasteiger partial charge in [-0.05, 0) is 32.6 Å². The van der Waals surface area contributed by atoms with Gasteiger partial charge in [0.2, 0.25) is 0 Å². The maximum absolute atomic E-state index is 9.73. The number of aliphatic hydroxyl groups is 1.